The van der Waals surface area contributed by atoms with Gasteiger partial charge in [0.2, 0.25) is 0 Å². The summed E-state index contributed by atoms with van der Waals surface area (Å²) in [5, 5.41) is 0.505. The summed E-state index contributed by atoms with van der Waals surface area (Å²) in [4.78, 5) is 10.9. The summed E-state index contributed by atoms with van der Waals surface area (Å²) in [6, 6.07) is 10.1. The van der Waals surface area contributed by atoms with Crippen LogP contribution in [0.1, 0.15) is 19.2 Å². The summed E-state index contributed by atoms with van der Waals surface area (Å²) < 4.78 is 0. The fraction of sp³-hybridized carbons (Fsp3) is 0.333. The highest BCUT2D eigenvalue weighted by Crippen LogP contribution is 2.23. The Bertz CT molecular complexity index is 550. The predicted octanol–water partition coefficient (Wildman–Crippen LogP) is 3.82. The Balaban J connectivity index is 2.35. The minimum atomic E-state index is 0.505. The largest absolute Gasteiger partial charge is 0.378 e. The second kappa shape index (κ2) is 6.02. The molecule has 3 nitrogen and oxygen atoms in total. The summed E-state index contributed by atoms with van der Waals surface area (Å²) in [5.74, 6) is 0.807. The van der Waals surface area contributed by atoms with Crippen molar-refractivity contribution < 1.29 is 0 Å². The Hall–Kier alpha value is -1.61. The standard InChI is InChI=1S/C15H18ClN3/c1-4-5-15-17-13(10-14(16)18-15)11-6-8-12(9-7-11)19(2)3/h6-10H,4-5H2,1-3H3. The van der Waals surface area contributed by atoms with E-state index in [0.29, 0.717) is 5.15 Å². The van der Waals surface area contributed by atoms with Crippen LogP contribution in [0, 0.1) is 0 Å². The first-order valence-electron chi connectivity index (χ1n) is 6.41. The number of halogens is 1. The van der Waals surface area contributed by atoms with Gasteiger partial charge in [-0.15, -0.1) is 0 Å². The molecular weight excluding hydrogens is 258 g/mol. The molecule has 0 fully saturated rings. The summed E-state index contributed by atoms with van der Waals surface area (Å²) in [7, 11) is 4.05. The lowest BCUT2D eigenvalue weighted by molar-refractivity contribution is 0.836. The molecule has 0 radical (unpaired) electrons. The first kappa shape index (κ1) is 13.8. The number of anilines is 1. The molecule has 0 spiro atoms. The molecule has 0 amide bonds. The molecule has 19 heavy (non-hydrogen) atoms. The fourth-order valence-corrected chi connectivity index (χ4v) is 2.08. The molecule has 100 valence electrons. The summed E-state index contributed by atoms with van der Waals surface area (Å²) in [5.41, 5.74) is 3.11. The molecule has 0 aliphatic carbocycles. The molecule has 0 aliphatic rings. The van der Waals surface area contributed by atoms with Gasteiger partial charge in [0.15, 0.2) is 0 Å². The molecule has 1 aromatic heterocycles. The minimum Gasteiger partial charge on any atom is -0.378 e. The quantitative estimate of drug-likeness (QED) is 0.795. The van der Waals surface area contributed by atoms with E-state index in [4.69, 9.17) is 11.6 Å². The lowest BCUT2D eigenvalue weighted by Crippen LogP contribution is -2.08. The minimum absolute atomic E-state index is 0.505. The van der Waals surface area contributed by atoms with Crippen LogP contribution in [-0.4, -0.2) is 24.1 Å². The number of rotatable bonds is 4. The van der Waals surface area contributed by atoms with Gasteiger partial charge >= 0.3 is 0 Å². The normalized spacial score (nSPS) is 10.5. The van der Waals surface area contributed by atoms with Crippen LogP contribution < -0.4 is 4.90 Å². The number of aromatic nitrogens is 2. The monoisotopic (exact) mass is 275 g/mol. The van der Waals surface area contributed by atoms with Gasteiger partial charge in [0.1, 0.15) is 11.0 Å². The van der Waals surface area contributed by atoms with Crippen LogP contribution in [0.2, 0.25) is 5.15 Å². The van der Waals surface area contributed by atoms with E-state index in [1.807, 2.05) is 20.2 Å². The van der Waals surface area contributed by atoms with Gasteiger partial charge in [-0.2, -0.15) is 0 Å². The Morgan fingerprint density at radius 3 is 2.37 bits per heavy atom. The highest BCUT2D eigenvalue weighted by atomic mass is 35.5. The molecule has 0 N–H and O–H groups in total. The summed E-state index contributed by atoms with van der Waals surface area (Å²) >= 11 is 6.06. The van der Waals surface area contributed by atoms with Gasteiger partial charge in [-0.25, -0.2) is 9.97 Å². The molecule has 0 unspecified atom stereocenters. The van der Waals surface area contributed by atoms with E-state index in [-0.39, 0.29) is 0 Å². The van der Waals surface area contributed by atoms with Crippen LogP contribution in [0.15, 0.2) is 30.3 Å². The number of benzene rings is 1. The van der Waals surface area contributed by atoms with Crippen molar-refractivity contribution in [3.05, 3.63) is 41.3 Å². The first-order valence-corrected chi connectivity index (χ1v) is 6.79. The molecule has 0 atom stereocenters. The number of hydrogen-bond donors (Lipinski definition) is 0. The van der Waals surface area contributed by atoms with Crippen molar-refractivity contribution in [2.45, 2.75) is 19.8 Å². The second-order valence-corrected chi connectivity index (χ2v) is 5.07. The average Bonchev–Trinajstić information content (AvgIpc) is 2.38. The average molecular weight is 276 g/mol. The third kappa shape index (κ3) is 3.44. The van der Waals surface area contributed by atoms with E-state index in [2.05, 4.69) is 46.1 Å². The van der Waals surface area contributed by atoms with Crippen LogP contribution in [0.25, 0.3) is 11.3 Å². The maximum atomic E-state index is 6.06. The predicted molar refractivity (Wildman–Crippen MR) is 80.8 cm³/mol. The van der Waals surface area contributed by atoms with Gasteiger partial charge in [0.05, 0.1) is 5.69 Å². The summed E-state index contributed by atoms with van der Waals surface area (Å²) in [6.45, 7) is 2.11. The molecule has 2 aromatic rings. The Labute approximate surface area is 119 Å². The van der Waals surface area contributed by atoms with Gasteiger partial charge in [-0.1, -0.05) is 30.7 Å². The SMILES string of the molecule is CCCc1nc(Cl)cc(-c2ccc(N(C)C)cc2)n1. The maximum Gasteiger partial charge on any atom is 0.133 e. The highest BCUT2D eigenvalue weighted by molar-refractivity contribution is 6.29. The van der Waals surface area contributed by atoms with E-state index in [1.165, 1.54) is 0 Å². The maximum absolute atomic E-state index is 6.06. The Kier molecular flexibility index (Phi) is 4.38. The number of nitrogens with zero attached hydrogens (tertiary/aromatic N) is 3. The molecule has 1 heterocycles. The van der Waals surface area contributed by atoms with Crippen LogP contribution in [0.5, 0.6) is 0 Å². The van der Waals surface area contributed by atoms with Crippen molar-refractivity contribution in [3.63, 3.8) is 0 Å². The lowest BCUT2D eigenvalue weighted by atomic mass is 10.1. The molecular formula is C15H18ClN3. The van der Waals surface area contributed by atoms with E-state index in [1.54, 1.807) is 0 Å². The molecule has 0 saturated heterocycles. The molecule has 4 heteroatoms. The van der Waals surface area contributed by atoms with Crippen molar-refractivity contribution in [3.8, 4) is 11.3 Å². The third-order valence-electron chi connectivity index (χ3n) is 2.89. The zero-order valence-electron chi connectivity index (χ0n) is 11.5. The van der Waals surface area contributed by atoms with Crippen molar-refractivity contribution in [1.29, 1.82) is 0 Å². The van der Waals surface area contributed by atoms with Gasteiger partial charge in [-0.3, -0.25) is 0 Å². The van der Waals surface area contributed by atoms with Gasteiger partial charge in [0.25, 0.3) is 0 Å². The Morgan fingerprint density at radius 2 is 1.79 bits per heavy atom. The zero-order chi connectivity index (χ0) is 13.8. The van der Waals surface area contributed by atoms with Gasteiger partial charge < -0.3 is 4.90 Å². The second-order valence-electron chi connectivity index (χ2n) is 4.68. The zero-order valence-corrected chi connectivity index (χ0v) is 12.3. The number of aryl methyl sites for hydroxylation is 1. The number of hydrogen-bond acceptors (Lipinski definition) is 3. The van der Waals surface area contributed by atoms with Crippen molar-refractivity contribution in [2.24, 2.45) is 0 Å². The molecule has 2 rings (SSSR count). The van der Waals surface area contributed by atoms with Crippen LogP contribution in [0.4, 0.5) is 5.69 Å². The van der Waals surface area contributed by atoms with E-state index >= 15 is 0 Å². The molecule has 1 aromatic carbocycles. The smallest absolute Gasteiger partial charge is 0.133 e. The van der Waals surface area contributed by atoms with Crippen molar-refractivity contribution in [2.75, 3.05) is 19.0 Å². The van der Waals surface area contributed by atoms with Crippen molar-refractivity contribution in [1.82, 2.24) is 9.97 Å². The van der Waals surface area contributed by atoms with E-state index < -0.39 is 0 Å². The lowest BCUT2D eigenvalue weighted by Gasteiger charge is -2.12. The molecule has 0 aliphatic heterocycles. The summed E-state index contributed by atoms with van der Waals surface area (Å²) in [6.07, 6.45) is 1.86. The Morgan fingerprint density at radius 1 is 1.11 bits per heavy atom. The van der Waals surface area contributed by atoms with Gasteiger partial charge in [0, 0.05) is 37.8 Å². The molecule has 0 bridgehead atoms. The molecule has 0 saturated carbocycles. The van der Waals surface area contributed by atoms with Crippen molar-refractivity contribution >= 4 is 17.3 Å². The van der Waals surface area contributed by atoms with Gasteiger partial charge in [-0.05, 0) is 18.6 Å². The van der Waals surface area contributed by atoms with Crippen LogP contribution in [-0.2, 0) is 6.42 Å². The highest BCUT2D eigenvalue weighted by Gasteiger charge is 2.05. The fourth-order valence-electron chi connectivity index (χ4n) is 1.88. The topological polar surface area (TPSA) is 29.0 Å². The van der Waals surface area contributed by atoms with Crippen LogP contribution in [0.3, 0.4) is 0 Å². The third-order valence-corrected chi connectivity index (χ3v) is 3.09. The van der Waals surface area contributed by atoms with E-state index in [9.17, 15) is 0 Å². The van der Waals surface area contributed by atoms with E-state index in [0.717, 1.165) is 35.6 Å². The first-order chi connectivity index (χ1) is 9.10. The van der Waals surface area contributed by atoms with Crippen LogP contribution >= 0.6 is 11.6 Å².